The Morgan fingerprint density at radius 2 is 1.92 bits per heavy atom. The minimum absolute atomic E-state index is 0.144. The van der Waals surface area contributed by atoms with Crippen LogP contribution >= 0.6 is 0 Å². The second-order valence-electron chi connectivity index (χ2n) is 5.45. The third kappa shape index (κ3) is 5.27. The molecule has 0 radical (unpaired) electrons. The van der Waals surface area contributed by atoms with Gasteiger partial charge in [0.1, 0.15) is 5.82 Å². The first-order valence-electron chi connectivity index (χ1n) is 7.71. The highest BCUT2D eigenvalue weighted by Crippen LogP contribution is 2.23. The zero-order chi connectivity index (χ0) is 18.4. The van der Waals surface area contributed by atoms with Crippen molar-refractivity contribution >= 4 is 28.8 Å². The van der Waals surface area contributed by atoms with Gasteiger partial charge in [-0.1, -0.05) is 0 Å². The largest absolute Gasteiger partial charge is 0.397 e. The number of amides is 1. The lowest BCUT2D eigenvalue weighted by atomic mass is 10.2. The van der Waals surface area contributed by atoms with E-state index in [4.69, 9.17) is 5.73 Å². The van der Waals surface area contributed by atoms with Gasteiger partial charge in [-0.3, -0.25) is 4.79 Å². The zero-order valence-corrected chi connectivity index (χ0v) is 14.0. The summed E-state index contributed by atoms with van der Waals surface area (Å²) in [5.41, 5.74) is 7.78. The first-order valence-corrected chi connectivity index (χ1v) is 7.71. The molecule has 5 N–H and O–H groups in total. The number of hydrogen-bond donors (Lipinski definition) is 4. The van der Waals surface area contributed by atoms with Crippen LogP contribution in [0.25, 0.3) is 0 Å². The molecule has 0 saturated carbocycles. The molecule has 0 aliphatic carbocycles. The average Bonchev–Trinajstić information content (AvgIpc) is 2.54. The van der Waals surface area contributed by atoms with Gasteiger partial charge in [0.05, 0.1) is 11.4 Å². The molecule has 25 heavy (non-hydrogen) atoms. The Bertz CT molecular complexity index is 769. The summed E-state index contributed by atoms with van der Waals surface area (Å²) >= 11 is 0. The van der Waals surface area contributed by atoms with Crippen molar-refractivity contribution in [3.8, 4) is 0 Å². The number of hydrogen-bond acceptors (Lipinski definition) is 6. The number of rotatable bonds is 7. The van der Waals surface area contributed by atoms with E-state index in [0.29, 0.717) is 30.9 Å². The molecule has 0 aliphatic heterocycles. The van der Waals surface area contributed by atoms with Crippen molar-refractivity contribution in [3.63, 3.8) is 0 Å². The predicted molar refractivity (Wildman–Crippen MR) is 93.4 cm³/mol. The molecule has 0 bridgehead atoms. The lowest BCUT2D eigenvalue weighted by Gasteiger charge is -2.12. The standard InChI is InChI=1S/C16H20F2N6O/c1-9-14(17)23-16(18)24-15(9)21-7-3-6-20-11-4-5-12(19)13(8-11)22-10(2)25/h4-5,8,20H,3,6-7,19H2,1-2H3,(H,22,25)(H,21,23,24). The van der Waals surface area contributed by atoms with E-state index in [1.807, 2.05) is 0 Å². The maximum Gasteiger partial charge on any atom is 0.313 e. The highest BCUT2D eigenvalue weighted by molar-refractivity contribution is 5.93. The number of carbonyl (C=O) groups is 1. The summed E-state index contributed by atoms with van der Waals surface area (Å²) < 4.78 is 26.3. The molecule has 0 fully saturated rings. The van der Waals surface area contributed by atoms with Crippen molar-refractivity contribution < 1.29 is 13.6 Å². The molecular weight excluding hydrogens is 330 g/mol. The van der Waals surface area contributed by atoms with Crippen LogP contribution in [0.2, 0.25) is 0 Å². The normalized spacial score (nSPS) is 10.4. The van der Waals surface area contributed by atoms with Crippen molar-refractivity contribution in [2.45, 2.75) is 20.3 Å². The van der Waals surface area contributed by atoms with Crippen molar-refractivity contribution in [2.75, 3.05) is 34.8 Å². The third-order valence-corrected chi connectivity index (χ3v) is 3.40. The maximum absolute atomic E-state index is 13.3. The summed E-state index contributed by atoms with van der Waals surface area (Å²) in [5.74, 6) is -0.932. The van der Waals surface area contributed by atoms with Gasteiger partial charge >= 0.3 is 6.08 Å². The first kappa shape index (κ1) is 18.4. The fourth-order valence-corrected chi connectivity index (χ4v) is 2.13. The molecule has 0 spiro atoms. The Hall–Kier alpha value is -2.97. The SMILES string of the molecule is CC(=O)Nc1cc(NCCCNc2nc(F)nc(F)c2C)ccc1N. The van der Waals surface area contributed by atoms with Gasteiger partial charge in [-0.2, -0.15) is 18.7 Å². The van der Waals surface area contributed by atoms with Gasteiger partial charge in [-0.15, -0.1) is 0 Å². The lowest BCUT2D eigenvalue weighted by molar-refractivity contribution is -0.114. The van der Waals surface area contributed by atoms with E-state index in [2.05, 4.69) is 25.9 Å². The molecule has 0 aliphatic rings. The minimum atomic E-state index is -1.10. The summed E-state index contributed by atoms with van der Waals surface area (Å²) in [4.78, 5) is 17.7. The minimum Gasteiger partial charge on any atom is -0.397 e. The molecule has 1 heterocycles. The molecule has 0 atom stereocenters. The van der Waals surface area contributed by atoms with Gasteiger partial charge in [0.25, 0.3) is 0 Å². The van der Waals surface area contributed by atoms with Gasteiger partial charge < -0.3 is 21.7 Å². The van der Waals surface area contributed by atoms with Gasteiger partial charge in [-0.25, -0.2) is 0 Å². The topological polar surface area (TPSA) is 105 Å². The summed E-state index contributed by atoms with van der Waals surface area (Å²) in [6, 6.07) is 5.23. The fourth-order valence-electron chi connectivity index (χ4n) is 2.13. The summed E-state index contributed by atoms with van der Waals surface area (Å²) in [5, 5.41) is 8.71. The van der Waals surface area contributed by atoms with Gasteiger partial charge in [0.15, 0.2) is 0 Å². The number of nitrogens with zero attached hydrogens (tertiary/aromatic N) is 2. The van der Waals surface area contributed by atoms with E-state index in [1.165, 1.54) is 13.8 Å². The lowest BCUT2D eigenvalue weighted by Crippen LogP contribution is -2.13. The molecule has 0 saturated heterocycles. The maximum atomic E-state index is 13.3. The molecule has 1 aromatic heterocycles. The van der Waals surface area contributed by atoms with Crippen molar-refractivity contribution in [2.24, 2.45) is 0 Å². The number of nitrogens with one attached hydrogen (secondary N) is 3. The molecule has 1 amide bonds. The van der Waals surface area contributed by atoms with E-state index in [9.17, 15) is 13.6 Å². The quantitative estimate of drug-likeness (QED) is 0.265. The van der Waals surface area contributed by atoms with Crippen LogP contribution in [0.4, 0.5) is 31.7 Å². The van der Waals surface area contributed by atoms with E-state index < -0.39 is 12.0 Å². The number of aromatic nitrogens is 2. The summed E-state index contributed by atoms with van der Waals surface area (Å²) in [6.07, 6.45) is -0.428. The Balaban J connectivity index is 1.83. The van der Waals surface area contributed by atoms with Gasteiger partial charge in [0, 0.05) is 31.3 Å². The molecule has 2 rings (SSSR count). The second kappa shape index (κ2) is 8.22. The first-order chi connectivity index (χ1) is 11.9. The molecular formula is C16H20F2N6O. The predicted octanol–water partition coefficient (Wildman–Crippen LogP) is 2.52. The highest BCUT2D eigenvalue weighted by Gasteiger charge is 2.09. The summed E-state index contributed by atoms with van der Waals surface area (Å²) in [6.45, 7) is 3.96. The monoisotopic (exact) mass is 350 g/mol. The van der Waals surface area contributed by atoms with Crippen LogP contribution in [-0.4, -0.2) is 29.0 Å². The molecule has 134 valence electrons. The second-order valence-corrected chi connectivity index (χ2v) is 5.45. The Kier molecular flexibility index (Phi) is 6.04. The molecule has 2 aromatic rings. The number of halogens is 2. The van der Waals surface area contributed by atoms with Crippen molar-refractivity contribution in [1.29, 1.82) is 0 Å². The van der Waals surface area contributed by atoms with Crippen LogP contribution < -0.4 is 21.7 Å². The van der Waals surface area contributed by atoms with Crippen molar-refractivity contribution in [3.05, 3.63) is 35.8 Å². The van der Waals surface area contributed by atoms with Crippen LogP contribution in [0.1, 0.15) is 18.9 Å². The van der Waals surface area contributed by atoms with Crippen LogP contribution in [0, 0.1) is 18.9 Å². The molecule has 9 heteroatoms. The number of carbonyl (C=O) groups excluding carboxylic acids is 1. The zero-order valence-electron chi connectivity index (χ0n) is 14.0. The average molecular weight is 350 g/mol. The number of anilines is 4. The number of nitrogen functional groups attached to an aromatic ring is 1. The van der Waals surface area contributed by atoms with E-state index in [0.717, 1.165) is 5.69 Å². The van der Waals surface area contributed by atoms with Crippen LogP contribution in [0.15, 0.2) is 18.2 Å². The highest BCUT2D eigenvalue weighted by atomic mass is 19.1. The van der Waals surface area contributed by atoms with E-state index in [-0.39, 0.29) is 17.3 Å². The number of benzene rings is 1. The van der Waals surface area contributed by atoms with E-state index in [1.54, 1.807) is 18.2 Å². The molecule has 1 aromatic carbocycles. The molecule has 0 unspecified atom stereocenters. The summed E-state index contributed by atoms with van der Waals surface area (Å²) in [7, 11) is 0. The van der Waals surface area contributed by atoms with Crippen LogP contribution in [0.3, 0.4) is 0 Å². The van der Waals surface area contributed by atoms with Gasteiger partial charge in [0.2, 0.25) is 11.9 Å². The van der Waals surface area contributed by atoms with E-state index >= 15 is 0 Å². The fraction of sp³-hybridized carbons (Fsp3) is 0.312. The third-order valence-electron chi connectivity index (χ3n) is 3.40. The molecule has 7 nitrogen and oxygen atoms in total. The van der Waals surface area contributed by atoms with Crippen molar-refractivity contribution in [1.82, 2.24) is 9.97 Å². The van der Waals surface area contributed by atoms with Gasteiger partial charge in [-0.05, 0) is 31.5 Å². The Labute approximate surface area is 144 Å². The Morgan fingerprint density at radius 1 is 1.20 bits per heavy atom. The Morgan fingerprint density at radius 3 is 2.64 bits per heavy atom. The van der Waals surface area contributed by atoms with Crippen LogP contribution in [-0.2, 0) is 4.79 Å². The van der Waals surface area contributed by atoms with Crippen LogP contribution in [0.5, 0.6) is 0 Å². The number of nitrogens with two attached hydrogens (primary N) is 1. The smallest absolute Gasteiger partial charge is 0.313 e.